The van der Waals surface area contributed by atoms with Crippen LogP contribution in [0.3, 0.4) is 0 Å². The summed E-state index contributed by atoms with van der Waals surface area (Å²) in [5, 5.41) is 0. The Morgan fingerprint density at radius 2 is 1.58 bits per heavy atom. The molecule has 1 aliphatic heterocycles. The fourth-order valence-corrected chi connectivity index (χ4v) is 2.39. The van der Waals surface area contributed by atoms with E-state index in [1.807, 2.05) is 51.1 Å². The van der Waals surface area contributed by atoms with E-state index in [-0.39, 0.29) is 18.6 Å². The van der Waals surface area contributed by atoms with Crippen LogP contribution in [-0.4, -0.2) is 60.2 Å². The standard InChI is InChI=1S/C18H26N2O4/c1-18(2,3)24-17(22)20-11-9-19(10-12-20)16(21)14-23-13-15-7-5-4-6-8-15/h4-8H,9-14H2,1-3H3. The molecule has 1 saturated heterocycles. The molecule has 1 aliphatic rings. The number of rotatable bonds is 4. The Labute approximate surface area is 143 Å². The van der Waals surface area contributed by atoms with Crippen molar-refractivity contribution in [1.29, 1.82) is 0 Å². The van der Waals surface area contributed by atoms with Gasteiger partial charge in [-0.3, -0.25) is 4.79 Å². The summed E-state index contributed by atoms with van der Waals surface area (Å²) in [5.41, 5.74) is 0.537. The Balaban J connectivity index is 1.70. The fourth-order valence-electron chi connectivity index (χ4n) is 2.39. The van der Waals surface area contributed by atoms with Crippen LogP contribution < -0.4 is 0 Å². The normalized spacial score (nSPS) is 15.3. The molecular formula is C18H26N2O4. The largest absolute Gasteiger partial charge is 0.444 e. The van der Waals surface area contributed by atoms with E-state index in [9.17, 15) is 9.59 Å². The molecule has 6 nitrogen and oxygen atoms in total. The zero-order chi connectivity index (χ0) is 17.6. The molecule has 0 N–H and O–H groups in total. The SMILES string of the molecule is CC(C)(C)OC(=O)N1CCN(C(=O)COCc2ccccc2)CC1. The Bertz CT molecular complexity index is 546. The number of ether oxygens (including phenoxy) is 2. The van der Waals surface area contributed by atoms with Crippen molar-refractivity contribution < 1.29 is 19.1 Å². The van der Waals surface area contributed by atoms with Crippen LogP contribution >= 0.6 is 0 Å². The summed E-state index contributed by atoms with van der Waals surface area (Å²) in [7, 11) is 0. The molecule has 6 heteroatoms. The average Bonchev–Trinajstić information content (AvgIpc) is 2.54. The highest BCUT2D eigenvalue weighted by atomic mass is 16.6. The molecule has 1 aromatic rings. The number of carbonyl (C=O) groups is 2. The van der Waals surface area contributed by atoms with E-state index < -0.39 is 5.60 Å². The van der Waals surface area contributed by atoms with Crippen LogP contribution in [0.5, 0.6) is 0 Å². The van der Waals surface area contributed by atoms with Crippen molar-refractivity contribution in [3.63, 3.8) is 0 Å². The van der Waals surface area contributed by atoms with Gasteiger partial charge in [-0.1, -0.05) is 30.3 Å². The van der Waals surface area contributed by atoms with E-state index in [1.54, 1.807) is 9.80 Å². The van der Waals surface area contributed by atoms with E-state index in [1.165, 1.54) is 0 Å². The molecule has 1 fully saturated rings. The van der Waals surface area contributed by atoms with Gasteiger partial charge >= 0.3 is 6.09 Å². The van der Waals surface area contributed by atoms with Crippen LogP contribution in [0.2, 0.25) is 0 Å². The van der Waals surface area contributed by atoms with Gasteiger partial charge in [0.25, 0.3) is 0 Å². The molecule has 0 aromatic heterocycles. The van der Waals surface area contributed by atoms with Gasteiger partial charge in [0.2, 0.25) is 5.91 Å². The topological polar surface area (TPSA) is 59.1 Å². The first kappa shape index (κ1) is 18.3. The molecule has 2 rings (SSSR count). The highest BCUT2D eigenvalue weighted by molar-refractivity contribution is 5.78. The van der Waals surface area contributed by atoms with Gasteiger partial charge < -0.3 is 19.3 Å². The molecule has 0 aliphatic carbocycles. The Morgan fingerprint density at radius 3 is 2.17 bits per heavy atom. The highest BCUT2D eigenvalue weighted by Crippen LogP contribution is 2.12. The first-order valence-electron chi connectivity index (χ1n) is 8.22. The smallest absolute Gasteiger partial charge is 0.410 e. The summed E-state index contributed by atoms with van der Waals surface area (Å²) in [6.07, 6.45) is -0.324. The quantitative estimate of drug-likeness (QED) is 0.848. The molecule has 0 unspecified atom stereocenters. The first-order chi connectivity index (χ1) is 11.3. The second-order valence-electron chi connectivity index (χ2n) is 6.83. The zero-order valence-electron chi connectivity index (χ0n) is 14.7. The lowest BCUT2D eigenvalue weighted by molar-refractivity contribution is -0.138. The van der Waals surface area contributed by atoms with Gasteiger partial charge in [0, 0.05) is 26.2 Å². The third kappa shape index (κ3) is 5.85. The summed E-state index contributed by atoms with van der Waals surface area (Å²) in [6.45, 7) is 7.99. The average molecular weight is 334 g/mol. The molecule has 0 radical (unpaired) electrons. The molecule has 0 bridgehead atoms. The molecule has 1 aromatic carbocycles. The maximum absolute atomic E-state index is 12.2. The maximum Gasteiger partial charge on any atom is 0.410 e. The summed E-state index contributed by atoms with van der Waals surface area (Å²) in [4.78, 5) is 27.5. The highest BCUT2D eigenvalue weighted by Gasteiger charge is 2.27. The monoisotopic (exact) mass is 334 g/mol. The fraction of sp³-hybridized carbons (Fsp3) is 0.556. The van der Waals surface area contributed by atoms with Crippen LogP contribution in [0, 0.1) is 0 Å². The summed E-state index contributed by atoms with van der Waals surface area (Å²) >= 11 is 0. The molecule has 24 heavy (non-hydrogen) atoms. The van der Waals surface area contributed by atoms with Crippen LogP contribution in [0.25, 0.3) is 0 Å². The Kier molecular flexibility index (Phi) is 6.20. The summed E-state index contributed by atoms with van der Waals surface area (Å²) < 4.78 is 10.8. The number of hydrogen-bond acceptors (Lipinski definition) is 4. The maximum atomic E-state index is 12.2. The number of amides is 2. The number of piperazine rings is 1. The van der Waals surface area contributed by atoms with E-state index >= 15 is 0 Å². The number of carbonyl (C=O) groups excluding carboxylic acids is 2. The van der Waals surface area contributed by atoms with Crippen molar-refractivity contribution in [1.82, 2.24) is 9.80 Å². The molecule has 132 valence electrons. The predicted octanol–water partition coefficient (Wildman–Crippen LogP) is 2.28. The third-order valence-corrected chi connectivity index (χ3v) is 3.62. The van der Waals surface area contributed by atoms with Crippen LogP contribution in [0.4, 0.5) is 4.79 Å². The van der Waals surface area contributed by atoms with Crippen LogP contribution in [-0.2, 0) is 20.9 Å². The van der Waals surface area contributed by atoms with Gasteiger partial charge in [0.15, 0.2) is 0 Å². The van der Waals surface area contributed by atoms with Crippen LogP contribution in [0.15, 0.2) is 30.3 Å². The molecule has 0 spiro atoms. The van der Waals surface area contributed by atoms with Gasteiger partial charge in [-0.05, 0) is 26.3 Å². The van der Waals surface area contributed by atoms with Crippen molar-refractivity contribution in [2.45, 2.75) is 33.0 Å². The second-order valence-corrected chi connectivity index (χ2v) is 6.83. The summed E-state index contributed by atoms with van der Waals surface area (Å²) in [5.74, 6) is -0.0465. The first-order valence-corrected chi connectivity index (χ1v) is 8.22. The molecule has 2 amide bonds. The van der Waals surface area contributed by atoms with Crippen molar-refractivity contribution in [2.24, 2.45) is 0 Å². The minimum atomic E-state index is -0.505. The summed E-state index contributed by atoms with van der Waals surface area (Å²) in [6, 6.07) is 9.75. The van der Waals surface area contributed by atoms with E-state index in [4.69, 9.17) is 9.47 Å². The van der Waals surface area contributed by atoms with E-state index in [0.717, 1.165) is 5.56 Å². The molecule has 0 saturated carbocycles. The van der Waals surface area contributed by atoms with Gasteiger partial charge in [-0.15, -0.1) is 0 Å². The molecular weight excluding hydrogens is 308 g/mol. The van der Waals surface area contributed by atoms with Crippen molar-refractivity contribution in [3.8, 4) is 0 Å². The predicted molar refractivity (Wildman–Crippen MR) is 90.5 cm³/mol. The Morgan fingerprint density at radius 1 is 1.00 bits per heavy atom. The molecule has 0 atom stereocenters. The Hall–Kier alpha value is -2.08. The van der Waals surface area contributed by atoms with Crippen molar-refractivity contribution in [3.05, 3.63) is 35.9 Å². The lowest BCUT2D eigenvalue weighted by Gasteiger charge is -2.35. The lowest BCUT2D eigenvalue weighted by atomic mass is 10.2. The second kappa shape index (κ2) is 8.15. The van der Waals surface area contributed by atoms with E-state index in [2.05, 4.69) is 0 Å². The third-order valence-electron chi connectivity index (χ3n) is 3.62. The lowest BCUT2D eigenvalue weighted by Crippen LogP contribution is -2.52. The van der Waals surface area contributed by atoms with Crippen LogP contribution in [0.1, 0.15) is 26.3 Å². The van der Waals surface area contributed by atoms with Crippen molar-refractivity contribution >= 4 is 12.0 Å². The van der Waals surface area contributed by atoms with Gasteiger partial charge in [0.05, 0.1) is 6.61 Å². The zero-order valence-corrected chi connectivity index (χ0v) is 14.7. The van der Waals surface area contributed by atoms with Gasteiger partial charge in [0.1, 0.15) is 12.2 Å². The number of nitrogens with zero attached hydrogens (tertiary/aromatic N) is 2. The van der Waals surface area contributed by atoms with Crippen molar-refractivity contribution in [2.75, 3.05) is 32.8 Å². The van der Waals surface area contributed by atoms with Gasteiger partial charge in [-0.2, -0.15) is 0 Å². The number of benzene rings is 1. The minimum absolute atomic E-state index is 0.0465. The number of hydrogen-bond donors (Lipinski definition) is 0. The van der Waals surface area contributed by atoms with Gasteiger partial charge in [-0.25, -0.2) is 4.79 Å². The molecule has 1 heterocycles. The minimum Gasteiger partial charge on any atom is -0.444 e. The van der Waals surface area contributed by atoms with E-state index in [0.29, 0.717) is 32.8 Å².